The summed E-state index contributed by atoms with van der Waals surface area (Å²) in [4.78, 5) is 5.39. The van der Waals surface area contributed by atoms with E-state index in [-0.39, 0.29) is 0 Å². The van der Waals surface area contributed by atoms with Crippen molar-refractivity contribution in [2.45, 2.75) is 34.1 Å². The van der Waals surface area contributed by atoms with E-state index in [2.05, 4.69) is 18.8 Å². The molecule has 0 N–H and O–H groups in total. The first-order valence-electron chi connectivity index (χ1n) is 4.16. The fourth-order valence-electron chi connectivity index (χ4n) is 0.745. The molecule has 0 radical (unpaired) electrons. The van der Waals surface area contributed by atoms with Crippen LogP contribution in [0.5, 0.6) is 0 Å². The summed E-state index contributed by atoms with van der Waals surface area (Å²) in [5.74, 6) is 0.755. The summed E-state index contributed by atoms with van der Waals surface area (Å²) in [5, 5.41) is 0. The van der Waals surface area contributed by atoms with Gasteiger partial charge >= 0.3 is 0 Å². The van der Waals surface area contributed by atoms with Gasteiger partial charge in [-0.1, -0.05) is 27.7 Å². The fourth-order valence-corrected chi connectivity index (χ4v) is 1.55. The summed E-state index contributed by atoms with van der Waals surface area (Å²) < 4.78 is 0. The molecule has 0 aliphatic carbocycles. The lowest BCUT2D eigenvalue weighted by atomic mass is 10.1. The molecule has 1 aromatic rings. The van der Waals surface area contributed by atoms with Crippen molar-refractivity contribution in [2.24, 2.45) is 5.92 Å². The van der Waals surface area contributed by atoms with Gasteiger partial charge in [0.1, 0.15) is 0 Å². The van der Waals surface area contributed by atoms with Crippen LogP contribution in [-0.2, 0) is 6.42 Å². The third-order valence-corrected chi connectivity index (χ3v) is 1.89. The van der Waals surface area contributed by atoms with Gasteiger partial charge in [0.2, 0.25) is 0 Å². The second-order valence-electron chi connectivity index (χ2n) is 2.57. The standard InChI is InChI=1S/C7H11NS.C2H6/c1-6(2)3-7-4-8-5-9-7;1-2/h4-6H,3H2,1-2H3;1-2H3. The summed E-state index contributed by atoms with van der Waals surface area (Å²) in [6, 6.07) is 0. The van der Waals surface area contributed by atoms with Crippen LogP contribution in [0, 0.1) is 5.92 Å². The van der Waals surface area contributed by atoms with Crippen molar-refractivity contribution in [1.82, 2.24) is 4.98 Å². The van der Waals surface area contributed by atoms with Crippen molar-refractivity contribution in [2.75, 3.05) is 0 Å². The first-order chi connectivity index (χ1) is 5.29. The van der Waals surface area contributed by atoms with E-state index >= 15 is 0 Å². The second kappa shape index (κ2) is 6.35. The number of nitrogens with zero attached hydrogens (tertiary/aromatic N) is 1. The molecule has 0 aliphatic rings. The van der Waals surface area contributed by atoms with Crippen molar-refractivity contribution >= 4 is 11.3 Å². The van der Waals surface area contributed by atoms with Crippen molar-refractivity contribution in [1.29, 1.82) is 0 Å². The molecule has 0 fully saturated rings. The quantitative estimate of drug-likeness (QED) is 0.665. The minimum atomic E-state index is 0.755. The van der Waals surface area contributed by atoms with Crippen LogP contribution < -0.4 is 0 Å². The van der Waals surface area contributed by atoms with Gasteiger partial charge in [-0.25, -0.2) is 0 Å². The number of thiazole rings is 1. The molecule has 1 aromatic heterocycles. The second-order valence-corrected chi connectivity index (χ2v) is 3.54. The molecule has 0 saturated heterocycles. The molecule has 0 aromatic carbocycles. The maximum atomic E-state index is 3.99. The van der Waals surface area contributed by atoms with Crippen molar-refractivity contribution in [3.63, 3.8) is 0 Å². The van der Waals surface area contributed by atoms with E-state index in [0.29, 0.717) is 0 Å². The van der Waals surface area contributed by atoms with Gasteiger partial charge in [-0.2, -0.15) is 0 Å². The average Bonchev–Trinajstić information content (AvgIpc) is 2.43. The largest absolute Gasteiger partial charge is 0.253 e. The SMILES string of the molecule is CC.CC(C)Cc1cncs1. The van der Waals surface area contributed by atoms with Crippen molar-refractivity contribution < 1.29 is 0 Å². The molecular formula is C9H17NS. The lowest BCUT2D eigenvalue weighted by molar-refractivity contribution is 0.653. The molecule has 0 unspecified atom stereocenters. The Kier molecular flexibility index (Phi) is 6.13. The van der Waals surface area contributed by atoms with Crippen LogP contribution in [0.1, 0.15) is 32.6 Å². The average molecular weight is 171 g/mol. The highest BCUT2D eigenvalue weighted by Crippen LogP contribution is 2.10. The minimum Gasteiger partial charge on any atom is -0.253 e. The molecular weight excluding hydrogens is 154 g/mol. The number of hydrogen-bond donors (Lipinski definition) is 0. The Bertz CT molecular complexity index is 156. The predicted octanol–water partition coefficient (Wildman–Crippen LogP) is 3.37. The van der Waals surface area contributed by atoms with Gasteiger partial charge in [-0.05, 0) is 12.3 Å². The summed E-state index contributed by atoms with van der Waals surface area (Å²) in [7, 11) is 0. The summed E-state index contributed by atoms with van der Waals surface area (Å²) in [6.07, 6.45) is 3.12. The molecule has 0 atom stereocenters. The normalized spacial score (nSPS) is 9.18. The Morgan fingerprint density at radius 1 is 1.45 bits per heavy atom. The highest BCUT2D eigenvalue weighted by molar-refractivity contribution is 7.09. The lowest BCUT2D eigenvalue weighted by Gasteiger charge is -1.97. The molecule has 0 saturated carbocycles. The van der Waals surface area contributed by atoms with Crippen LogP contribution in [0.4, 0.5) is 0 Å². The van der Waals surface area contributed by atoms with Crippen LogP contribution in [0.15, 0.2) is 11.7 Å². The first kappa shape index (κ1) is 10.6. The fraction of sp³-hybridized carbons (Fsp3) is 0.667. The molecule has 1 rings (SSSR count). The van der Waals surface area contributed by atoms with Gasteiger partial charge in [0, 0.05) is 11.1 Å². The molecule has 0 aliphatic heterocycles. The maximum Gasteiger partial charge on any atom is 0.0794 e. The van der Waals surface area contributed by atoms with E-state index in [1.54, 1.807) is 11.3 Å². The highest BCUT2D eigenvalue weighted by Gasteiger charge is 1.96. The Morgan fingerprint density at radius 3 is 2.45 bits per heavy atom. The first-order valence-corrected chi connectivity index (χ1v) is 5.04. The van der Waals surface area contributed by atoms with Gasteiger partial charge in [0.15, 0.2) is 0 Å². The molecule has 1 heterocycles. The van der Waals surface area contributed by atoms with E-state index in [1.165, 1.54) is 11.3 Å². The van der Waals surface area contributed by atoms with Crippen LogP contribution in [-0.4, -0.2) is 4.98 Å². The van der Waals surface area contributed by atoms with Crippen molar-refractivity contribution in [3.05, 3.63) is 16.6 Å². The van der Waals surface area contributed by atoms with E-state index in [4.69, 9.17) is 0 Å². The number of hydrogen-bond acceptors (Lipinski definition) is 2. The molecule has 0 spiro atoms. The Balaban J connectivity index is 0.000000461. The van der Waals surface area contributed by atoms with Gasteiger partial charge < -0.3 is 0 Å². The summed E-state index contributed by atoms with van der Waals surface area (Å²) in [6.45, 7) is 8.44. The maximum absolute atomic E-state index is 3.99. The molecule has 0 amide bonds. The third kappa shape index (κ3) is 4.96. The zero-order chi connectivity index (χ0) is 8.69. The third-order valence-electron chi connectivity index (χ3n) is 1.09. The van der Waals surface area contributed by atoms with Gasteiger partial charge in [0.05, 0.1) is 5.51 Å². The molecule has 2 heteroatoms. The van der Waals surface area contributed by atoms with Crippen LogP contribution in [0.25, 0.3) is 0 Å². The smallest absolute Gasteiger partial charge is 0.0794 e. The molecule has 11 heavy (non-hydrogen) atoms. The Hall–Kier alpha value is -0.370. The van der Waals surface area contributed by atoms with Crippen LogP contribution in [0.3, 0.4) is 0 Å². The number of rotatable bonds is 2. The summed E-state index contributed by atoms with van der Waals surface area (Å²) in [5.41, 5.74) is 1.89. The van der Waals surface area contributed by atoms with E-state index < -0.39 is 0 Å². The minimum absolute atomic E-state index is 0.755. The molecule has 1 nitrogen and oxygen atoms in total. The highest BCUT2D eigenvalue weighted by atomic mass is 32.1. The topological polar surface area (TPSA) is 12.9 Å². The predicted molar refractivity (Wildman–Crippen MR) is 52.0 cm³/mol. The Morgan fingerprint density at radius 2 is 2.09 bits per heavy atom. The van der Waals surface area contributed by atoms with Gasteiger partial charge in [0.25, 0.3) is 0 Å². The zero-order valence-electron chi connectivity index (χ0n) is 7.79. The zero-order valence-corrected chi connectivity index (χ0v) is 8.61. The van der Waals surface area contributed by atoms with Crippen LogP contribution >= 0.6 is 11.3 Å². The van der Waals surface area contributed by atoms with Crippen molar-refractivity contribution in [3.8, 4) is 0 Å². The van der Waals surface area contributed by atoms with Gasteiger partial charge in [-0.3, -0.25) is 4.98 Å². The van der Waals surface area contributed by atoms with Crippen LogP contribution in [0.2, 0.25) is 0 Å². The lowest BCUT2D eigenvalue weighted by Crippen LogP contribution is -1.89. The monoisotopic (exact) mass is 171 g/mol. The Labute approximate surface area is 73.5 Å². The van der Waals surface area contributed by atoms with E-state index in [9.17, 15) is 0 Å². The summed E-state index contributed by atoms with van der Waals surface area (Å²) >= 11 is 1.74. The van der Waals surface area contributed by atoms with E-state index in [0.717, 1.165) is 5.92 Å². The molecule has 64 valence electrons. The van der Waals surface area contributed by atoms with E-state index in [1.807, 2.05) is 25.6 Å². The number of aromatic nitrogens is 1. The van der Waals surface area contributed by atoms with Gasteiger partial charge in [-0.15, -0.1) is 11.3 Å². The molecule has 0 bridgehead atoms.